The maximum Gasteiger partial charge on any atom is 0.178 e. The van der Waals surface area contributed by atoms with Crippen LogP contribution >= 0.6 is 39.9 Å². The van der Waals surface area contributed by atoms with E-state index in [9.17, 15) is 4.39 Å². The predicted molar refractivity (Wildman–Crippen MR) is 82.5 cm³/mol. The van der Waals surface area contributed by atoms with Crippen LogP contribution in [-0.4, -0.2) is 21.6 Å². The van der Waals surface area contributed by atoms with Crippen LogP contribution in [0.15, 0.2) is 16.6 Å². The first kappa shape index (κ1) is 14.1. The first-order valence-corrected chi connectivity index (χ1v) is 8.26. The fourth-order valence-electron chi connectivity index (χ4n) is 2.05. The minimum absolute atomic E-state index is 0.274. The zero-order chi connectivity index (χ0) is 13.3. The van der Waals surface area contributed by atoms with Gasteiger partial charge < -0.3 is 9.55 Å². The highest BCUT2D eigenvalue weighted by molar-refractivity contribution is 9.10. The molecule has 0 aliphatic rings. The number of benzene rings is 1. The van der Waals surface area contributed by atoms with Crippen LogP contribution in [-0.2, 0) is 0 Å². The summed E-state index contributed by atoms with van der Waals surface area (Å²) >= 11 is 10.4. The molecule has 1 unspecified atom stereocenters. The van der Waals surface area contributed by atoms with Gasteiger partial charge in [0.1, 0.15) is 5.82 Å². The first-order chi connectivity index (χ1) is 8.58. The van der Waals surface area contributed by atoms with Gasteiger partial charge in [-0.15, -0.1) is 0 Å². The van der Waals surface area contributed by atoms with Crippen LogP contribution < -0.4 is 0 Å². The Morgan fingerprint density at radius 2 is 2.28 bits per heavy atom. The summed E-state index contributed by atoms with van der Waals surface area (Å²) in [5.41, 5.74) is 1.70. The summed E-state index contributed by atoms with van der Waals surface area (Å²) in [6.45, 7) is 2.14. The Balaban J connectivity index is 2.66. The molecule has 2 rings (SSSR count). The second-order valence-corrected chi connectivity index (χ2v) is 6.25. The van der Waals surface area contributed by atoms with Gasteiger partial charge >= 0.3 is 0 Å². The van der Waals surface area contributed by atoms with Crippen molar-refractivity contribution >= 4 is 50.9 Å². The molecule has 0 aliphatic heterocycles. The number of imidazole rings is 1. The van der Waals surface area contributed by atoms with Crippen LogP contribution in [0.4, 0.5) is 4.39 Å². The molecule has 6 heteroatoms. The largest absolute Gasteiger partial charge is 0.330 e. The Hall–Kier alpha value is -0.330. The summed E-state index contributed by atoms with van der Waals surface area (Å²) in [5, 5.41) is 0. The number of H-pyrrole nitrogens is 1. The van der Waals surface area contributed by atoms with E-state index in [1.807, 2.05) is 0 Å². The molecular weight excluding hydrogens is 335 g/mol. The number of fused-ring (bicyclic) bond motifs is 1. The molecule has 0 spiro atoms. The molecule has 0 amide bonds. The molecule has 1 aromatic carbocycles. The zero-order valence-electron chi connectivity index (χ0n) is 10.2. The molecule has 2 aromatic rings. The van der Waals surface area contributed by atoms with Crippen molar-refractivity contribution in [3.05, 3.63) is 27.2 Å². The number of aromatic amines is 1. The molecule has 0 saturated carbocycles. The Morgan fingerprint density at radius 3 is 2.89 bits per heavy atom. The molecule has 0 bridgehead atoms. The zero-order valence-corrected chi connectivity index (χ0v) is 13.4. The smallest absolute Gasteiger partial charge is 0.178 e. The van der Waals surface area contributed by atoms with Crippen molar-refractivity contribution in [2.75, 3.05) is 12.0 Å². The Kier molecular flexibility index (Phi) is 4.50. The molecule has 18 heavy (non-hydrogen) atoms. The van der Waals surface area contributed by atoms with Gasteiger partial charge in [-0.3, -0.25) is 0 Å². The maximum atomic E-state index is 13.5. The van der Waals surface area contributed by atoms with Gasteiger partial charge in [-0.1, -0.05) is 6.92 Å². The second kappa shape index (κ2) is 5.75. The summed E-state index contributed by atoms with van der Waals surface area (Å²) in [6, 6.07) is 3.61. The van der Waals surface area contributed by atoms with Crippen LogP contribution in [0, 0.1) is 10.6 Å². The number of rotatable bonds is 4. The normalized spacial score (nSPS) is 13.1. The van der Waals surface area contributed by atoms with E-state index in [0.717, 1.165) is 23.2 Å². The molecule has 0 fully saturated rings. The lowest BCUT2D eigenvalue weighted by atomic mass is 10.2. The highest BCUT2D eigenvalue weighted by Gasteiger charge is 2.15. The molecule has 1 N–H and O–H groups in total. The fourth-order valence-corrected chi connectivity index (χ4v) is 3.51. The molecule has 1 aromatic heterocycles. The summed E-state index contributed by atoms with van der Waals surface area (Å²) in [4.78, 5) is 3.08. The van der Waals surface area contributed by atoms with E-state index in [2.05, 4.69) is 38.7 Å². The van der Waals surface area contributed by atoms with Gasteiger partial charge in [0, 0.05) is 17.9 Å². The predicted octanol–water partition coefficient (Wildman–Crippen LogP) is 4.91. The van der Waals surface area contributed by atoms with Gasteiger partial charge in [0.15, 0.2) is 4.77 Å². The van der Waals surface area contributed by atoms with Crippen molar-refractivity contribution in [3.8, 4) is 0 Å². The monoisotopic (exact) mass is 348 g/mol. The van der Waals surface area contributed by atoms with E-state index < -0.39 is 0 Å². The third kappa shape index (κ3) is 2.51. The Labute approximate surface area is 123 Å². The van der Waals surface area contributed by atoms with Gasteiger partial charge in [-0.05, 0) is 46.9 Å². The Morgan fingerprint density at radius 1 is 1.56 bits per heavy atom. The van der Waals surface area contributed by atoms with Crippen LogP contribution in [0.25, 0.3) is 11.0 Å². The average molecular weight is 349 g/mol. The second-order valence-electron chi connectivity index (χ2n) is 4.10. The van der Waals surface area contributed by atoms with Crippen molar-refractivity contribution in [2.45, 2.75) is 19.4 Å². The minimum atomic E-state index is -0.274. The molecule has 2 nitrogen and oxygen atoms in total. The maximum absolute atomic E-state index is 13.5. The van der Waals surface area contributed by atoms with Gasteiger partial charge in [-0.25, -0.2) is 4.39 Å². The average Bonchev–Trinajstić information content (AvgIpc) is 2.63. The number of nitrogens with zero attached hydrogens (tertiary/aromatic N) is 1. The lowest BCUT2D eigenvalue weighted by molar-refractivity contribution is 0.547. The van der Waals surface area contributed by atoms with E-state index in [-0.39, 0.29) is 5.82 Å². The Bertz CT molecular complexity index is 620. The fraction of sp³-hybridized carbons (Fsp3) is 0.417. The first-order valence-electron chi connectivity index (χ1n) is 5.66. The highest BCUT2D eigenvalue weighted by Crippen LogP contribution is 2.27. The third-order valence-corrected chi connectivity index (χ3v) is 4.58. The van der Waals surface area contributed by atoms with E-state index >= 15 is 0 Å². The van der Waals surface area contributed by atoms with Gasteiger partial charge in [0.2, 0.25) is 0 Å². The van der Waals surface area contributed by atoms with E-state index in [4.69, 9.17) is 12.2 Å². The summed E-state index contributed by atoms with van der Waals surface area (Å²) in [7, 11) is 0. The molecule has 1 heterocycles. The van der Waals surface area contributed by atoms with E-state index in [0.29, 0.717) is 15.3 Å². The summed E-state index contributed by atoms with van der Waals surface area (Å²) in [6.07, 6.45) is 3.08. The SMILES string of the molecule is CCC(CSC)n1c(=S)[nH]c2cc(F)c(Br)cc21. The van der Waals surface area contributed by atoms with Gasteiger partial charge in [-0.2, -0.15) is 11.8 Å². The van der Waals surface area contributed by atoms with E-state index in [1.54, 1.807) is 17.8 Å². The molecule has 1 atom stereocenters. The lowest BCUT2D eigenvalue weighted by Gasteiger charge is -2.16. The number of hydrogen-bond donors (Lipinski definition) is 1. The molecule has 98 valence electrons. The lowest BCUT2D eigenvalue weighted by Crippen LogP contribution is -2.10. The van der Waals surface area contributed by atoms with Crippen molar-refractivity contribution in [3.63, 3.8) is 0 Å². The topological polar surface area (TPSA) is 20.7 Å². The number of nitrogens with one attached hydrogen (secondary N) is 1. The quantitative estimate of drug-likeness (QED) is 0.792. The van der Waals surface area contributed by atoms with Crippen LogP contribution in [0.1, 0.15) is 19.4 Å². The highest BCUT2D eigenvalue weighted by atomic mass is 79.9. The standard InChI is InChI=1S/C12H14BrFN2S2/c1-3-7(6-18-2)16-11-4-8(13)9(14)5-10(11)15-12(16)17/h4-5,7H,3,6H2,1-2H3,(H,15,17). The minimum Gasteiger partial charge on any atom is -0.330 e. The molecule has 0 radical (unpaired) electrons. The summed E-state index contributed by atoms with van der Waals surface area (Å²) < 4.78 is 16.7. The van der Waals surface area contributed by atoms with Crippen molar-refractivity contribution in [1.82, 2.24) is 9.55 Å². The van der Waals surface area contributed by atoms with Gasteiger partial charge in [0.25, 0.3) is 0 Å². The van der Waals surface area contributed by atoms with Crippen LogP contribution in [0.3, 0.4) is 0 Å². The van der Waals surface area contributed by atoms with Crippen LogP contribution in [0.5, 0.6) is 0 Å². The molecule has 0 aliphatic carbocycles. The van der Waals surface area contributed by atoms with E-state index in [1.165, 1.54) is 6.07 Å². The number of aromatic nitrogens is 2. The van der Waals surface area contributed by atoms with Crippen molar-refractivity contribution in [1.29, 1.82) is 0 Å². The number of thioether (sulfide) groups is 1. The summed E-state index contributed by atoms with van der Waals surface area (Å²) in [5.74, 6) is 0.719. The van der Waals surface area contributed by atoms with Crippen molar-refractivity contribution < 1.29 is 4.39 Å². The molecular formula is C12H14BrFN2S2. The third-order valence-electron chi connectivity index (χ3n) is 2.95. The number of halogens is 2. The van der Waals surface area contributed by atoms with Crippen molar-refractivity contribution in [2.24, 2.45) is 0 Å². The molecule has 0 saturated heterocycles. The van der Waals surface area contributed by atoms with Crippen LogP contribution in [0.2, 0.25) is 0 Å². The number of hydrogen-bond acceptors (Lipinski definition) is 2. The van der Waals surface area contributed by atoms with Gasteiger partial charge in [0.05, 0.1) is 15.5 Å².